The molecule has 4 heteroatoms. The van der Waals surface area contributed by atoms with E-state index >= 15 is 0 Å². The van der Waals surface area contributed by atoms with E-state index in [1.165, 1.54) is 6.42 Å². The van der Waals surface area contributed by atoms with Crippen LogP contribution in [0.25, 0.3) is 0 Å². The van der Waals surface area contributed by atoms with Crippen LogP contribution in [0.5, 0.6) is 0 Å². The van der Waals surface area contributed by atoms with Gasteiger partial charge in [0.05, 0.1) is 5.54 Å². The smallest absolute Gasteiger partial charge is 0.242 e. The van der Waals surface area contributed by atoms with Gasteiger partial charge in [-0.3, -0.25) is 9.78 Å². The van der Waals surface area contributed by atoms with Gasteiger partial charge in [0, 0.05) is 26.0 Å². The Labute approximate surface area is 121 Å². The number of aryl methyl sites for hydroxylation is 1. The van der Waals surface area contributed by atoms with E-state index in [0.717, 1.165) is 44.3 Å². The highest BCUT2D eigenvalue weighted by atomic mass is 16.2. The van der Waals surface area contributed by atoms with Crippen LogP contribution >= 0.6 is 0 Å². The molecule has 20 heavy (non-hydrogen) atoms. The van der Waals surface area contributed by atoms with Crippen LogP contribution in [-0.4, -0.2) is 42.0 Å². The molecule has 1 aromatic rings. The van der Waals surface area contributed by atoms with Crippen molar-refractivity contribution in [2.75, 3.05) is 20.6 Å². The molecule has 1 aliphatic rings. The highest BCUT2D eigenvalue weighted by Crippen LogP contribution is 2.27. The highest BCUT2D eigenvalue weighted by Gasteiger charge is 2.39. The lowest BCUT2D eigenvalue weighted by Crippen LogP contribution is -2.58. The molecule has 110 valence electrons. The van der Waals surface area contributed by atoms with Crippen molar-refractivity contribution >= 4 is 5.91 Å². The van der Waals surface area contributed by atoms with Crippen LogP contribution in [-0.2, 0) is 11.2 Å². The summed E-state index contributed by atoms with van der Waals surface area (Å²) in [4.78, 5) is 18.6. The Hall–Kier alpha value is -1.42. The summed E-state index contributed by atoms with van der Waals surface area (Å²) in [6.45, 7) is 0.948. The fourth-order valence-electron chi connectivity index (χ4n) is 3.02. The molecule has 0 spiro atoms. The van der Waals surface area contributed by atoms with Crippen molar-refractivity contribution in [1.82, 2.24) is 15.2 Å². The lowest BCUT2D eigenvalue weighted by Gasteiger charge is -2.39. The molecule has 1 N–H and O–H groups in total. The van der Waals surface area contributed by atoms with Crippen LogP contribution in [0.1, 0.15) is 37.8 Å². The van der Waals surface area contributed by atoms with Gasteiger partial charge in [-0.1, -0.05) is 6.07 Å². The van der Waals surface area contributed by atoms with Crippen LogP contribution in [0, 0.1) is 0 Å². The molecule has 0 aromatic carbocycles. The minimum Gasteiger partial charge on any atom is -0.347 e. The third kappa shape index (κ3) is 3.57. The molecule has 1 saturated heterocycles. The zero-order valence-electron chi connectivity index (χ0n) is 12.6. The molecular weight excluding hydrogens is 250 g/mol. The first-order valence-corrected chi connectivity index (χ1v) is 7.51. The molecule has 1 amide bonds. The molecule has 1 aromatic heterocycles. The van der Waals surface area contributed by atoms with Gasteiger partial charge in [0.2, 0.25) is 5.91 Å². The number of piperidine rings is 1. The van der Waals surface area contributed by atoms with Crippen molar-refractivity contribution in [1.29, 1.82) is 0 Å². The van der Waals surface area contributed by atoms with Crippen LogP contribution in [0.2, 0.25) is 0 Å². The van der Waals surface area contributed by atoms with Gasteiger partial charge in [0.25, 0.3) is 0 Å². The maximum absolute atomic E-state index is 12.5. The van der Waals surface area contributed by atoms with Crippen molar-refractivity contribution in [3.05, 3.63) is 30.1 Å². The van der Waals surface area contributed by atoms with Crippen LogP contribution in [0.4, 0.5) is 0 Å². The molecule has 0 unspecified atom stereocenters. The minimum absolute atomic E-state index is 0.221. The van der Waals surface area contributed by atoms with Gasteiger partial charge in [-0.15, -0.1) is 0 Å². The standard InChI is InChI=1S/C16H25N3O/c1-19(2)15(20)16(10-4-6-13-18-16)11-7-9-14-8-3-5-12-17-14/h3,5,8,12,18H,4,6-7,9-11,13H2,1-2H3/t16-/m1/s1. The van der Waals surface area contributed by atoms with Crippen molar-refractivity contribution < 1.29 is 4.79 Å². The molecule has 0 bridgehead atoms. The molecule has 1 aliphatic heterocycles. The van der Waals surface area contributed by atoms with Crippen LogP contribution in [0.3, 0.4) is 0 Å². The summed E-state index contributed by atoms with van der Waals surface area (Å²) in [6.07, 6.45) is 7.90. The van der Waals surface area contributed by atoms with Crippen molar-refractivity contribution in [3.8, 4) is 0 Å². The second-order valence-corrected chi connectivity index (χ2v) is 5.84. The number of nitrogens with zero attached hydrogens (tertiary/aromatic N) is 2. The van der Waals surface area contributed by atoms with E-state index in [2.05, 4.69) is 16.4 Å². The Balaban J connectivity index is 1.96. The Morgan fingerprint density at radius 3 is 2.85 bits per heavy atom. The van der Waals surface area contributed by atoms with Gasteiger partial charge in [-0.05, 0) is 57.2 Å². The average molecular weight is 275 g/mol. The highest BCUT2D eigenvalue weighted by molar-refractivity contribution is 5.86. The third-order valence-electron chi connectivity index (χ3n) is 4.07. The molecule has 1 fully saturated rings. The van der Waals surface area contributed by atoms with E-state index in [0.29, 0.717) is 0 Å². The molecule has 2 heterocycles. The maximum Gasteiger partial charge on any atom is 0.242 e. The number of nitrogens with one attached hydrogen (secondary N) is 1. The number of pyridine rings is 1. The number of rotatable bonds is 5. The summed E-state index contributed by atoms with van der Waals surface area (Å²) < 4.78 is 0. The Morgan fingerprint density at radius 2 is 2.25 bits per heavy atom. The summed E-state index contributed by atoms with van der Waals surface area (Å²) in [5.41, 5.74) is 0.757. The minimum atomic E-state index is -0.351. The number of hydrogen-bond donors (Lipinski definition) is 1. The largest absolute Gasteiger partial charge is 0.347 e. The Bertz CT molecular complexity index is 425. The lowest BCUT2D eigenvalue weighted by atomic mass is 9.83. The van der Waals surface area contributed by atoms with Gasteiger partial charge in [-0.25, -0.2) is 0 Å². The summed E-state index contributed by atoms with van der Waals surface area (Å²) in [5, 5.41) is 3.49. The SMILES string of the molecule is CN(C)C(=O)[C@]1(CCCc2ccccn2)CCCCN1. The fourth-order valence-corrected chi connectivity index (χ4v) is 3.02. The molecule has 4 nitrogen and oxygen atoms in total. The summed E-state index contributed by atoms with van der Waals surface area (Å²) >= 11 is 0. The summed E-state index contributed by atoms with van der Waals surface area (Å²) in [6, 6.07) is 6.00. The second-order valence-electron chi connectivity index (χ2n) is 5.84. The first-order valence-electron chi connectivity index (χ1n) is 7.51. The summed E-state index contributed by atoms with van der Waals surface area (Å²) in [7, 11) is 3.69. The van der Waals surface area contributed by atoms with Crippen molar-refractivity contribution in [2.24, 2.45) is 0 Å². The van der Waals surface area contributed by atoms with E-state index in [9.17, 15) is 4.79 Å². The Morgan fingerprint density at radius 1 is 1.40 bits per heavy atom. The number of aromatic nitrogens is 1. The van der Waals surface area contributed by atoms with Crippen LogP contribution < -0.4 is 5.32 Å². The molecule has 1 atom stereocenters. The second kappa shape index (κ2) is 6.84. The lowest BCUT2D eigenvalue weighted by molar-refractivity contribution is -0.137. The van der Waals surface area contributed by atoms with Gasteiger partial charge >= 0.3 is 0 Å². The fraction of sp³-hybridized carbons (Fsp3) is 0.625. The predicted octanol–water partition coefficient (Wildman–Crippen LogP) is 2.00. The zero-order chi connectivity index (χ0) is 14.4. The molecule has 2 rings (SSSR count). The Kier molecular flexibility index (Phi) is 5.12. The van der Waals surface area contributed by atoms with E-state index < -0.39 is 0 Å². The molecular formula is C16H25N3O. The van der Waals surface area contributed by atoms with Crippen molar-refractivity contribution in [3.63, 3.8) is 0 Å². The number of carbonyl (C=O) groups excluding carboxylic acids is 1. The third-order valence-corrected chi connectivity index (χ3v) is 4.07. The monoisotopic (exact) mass is 275 g/mol. The summed E-state index contributed by atoms with van der Waals surface area (Å²) in [5.74, 6) is 0.221. The van der Waals surface area contributed by atoms with E-state index in [1.807, 2.05) is 32.4 Å². The average Bonchev–Trinajstić information content (AvgIpc) is 2.48. The topological polar surface area (TPSA) is 45.2 Å². The van der Waals surface area contributed by atoms with E-state index in [-0.39, 0.29) is 11.4 Å². The van der Waals surface area contributed by atoms with Gasteiger partial charge < -0.3 is 10.2 Å². The first-order chi connectivity index (χ1) is 9.64. The van der Waals surface area contributed by atoms with Crippen molar-refractivity contribution in [2.45, 2.75) is 44.1 Å². The predicted molar refractivity (Wildman–Crippen MR) is 80.5 cm³/mol. The first kappa shape index (κ1) is 15.0. The number of amides is 1. The quantitative estimate of drug-likeness (QED) is 0.894. The molecule has 0 radical (unpaired) electrons. The number of hydrogen-bond acceptors (Lipinski definition) is 3. The van der Waals surface area contributed by atoms with Gasteiger partial charge in [-0.2, -0.15) is 0 Å². The number of carbonyl (C=O) groups is 1. The van der Waals surface area contributed by atoms with Gasteiger partial charge in [0.15, 0.2) is 0 Å². The molecule has 0 aliphatic carbocycles. The van der Waals surface area contributed by atoms with E-state index in [1.54, 1.807) is 4.90 Å². The van der Waals surface area contributed by atoms with E-state index in [4.69, 9.17) is 0 Å². The normalized spacial score (nSPS) is 22.5. The maximum atomic E-state index is 12.5. The zero-order valence-corrected chi connectivity index (χ0v) is 12.6. The molecule has 0 saturated carbocycles. The van der Waals surface area contributed by atoms with Crippen LogP contribution in [0.15, 0.2) is 24.4 Å². The van der Waals surface area contributed by atoms with Gasteiger partial charge in [0.1, 0.15) is 0 Å². The number of likely N-dealkylation sites (N-methyl/N-ethyl adjacent to an activating group) is 1.